The fraction of sp³-hybridized carbons (Fsp3) is 0.333. The van der Waals surface area contributed by atoms with Gasteiger partial charge in [-0.15, -0.1) is 0 Å². The molecule has 2 heterocycles. The zero-order chi connectivity index (χ0) is 13.2. The van der Waals surface area contributed by atoms with Crippen molar-refractivity contribution in [2.24, 2.45) is 0 Å². The Hall–Kier alpha value is -1.81. The molecule has 0 aliphatic heterocycles. The Balaban J connectivity index is 1.99. The van der Waals surface area contributed by atoms with E-state index in [9.17, 15) is 4.39 Å². The first-order valence-corrected chi connectivity index (χ1v) is 6.52. The van der Waals surface area contributed by atoms with Gasteiger partial charge in [0.25, 0.3) is 0 Å². The number of pyridine rings is 2. The molecule has 3 rings (SSSR count). The fourth-order valence-electron chi connectivity index (χ4n) is 2.92. The van der Waals surface area contributed by atoms with Gasteiger partial charge >= 0.3 is 0 Å². The zero-order valence-electron chi connectivity index (χ0n) is 10.8. The van der Waals surface area contributed by atoms with E-state index in [1.807, 2.05) is 13.1 Å². The number of halogens is 1. The minimum Gasteiger partial charge on any atom is -0.311 e. The summed E-state index contributed by atoms with van der Waals surface area (Å²) in [7, 11) is 1.85. The molecule has 4 heteroatoms. The van der Waals surface area contributed by atoms with Crippen LogP contribution in [0.1, 0.15) is 35.3 Å². The summed E-state index contributed by atoms with van der Waals surface area (Å²) in [5, 5.41) is 3.20. The lowest BCUT2D eigenvalue weighted by atomic mass is 9.93. The number of aryl methyl sites for hydroxylation is 1. The highest BCUT2D eigenvalue weighted by atomic mass is 19.1. The minimum atomic E-state index is -0.258. The molecule has 0 radical (unpaired) electrons. The first-order chi connectivity index (χ1) is 9.31. The average Bonchev–Trinajstić information content (AvgIpc) is 2.86. The molecule has 0 amide bonds. The molecule has 19 heavy (non-hydrogen) atoms. The standard InChI is InChI=1S/C15H16FN3/c1-17-14(15-12(16)5-3-9-19-15)11-7-6-10-4-2-8-18-13(10)11/h2-5,8-9,11,14,17H,6-7H2,1H3. The summed E-state index contributed by atoms with van der Waals surface area (Å²) in [5.74, 6) is -0.0724. The molecular weight excluding hydrogens is 241 g/mol. The van der Waals surface area contributed by atoms with Gasteiger partial charge < -0.3 is 5.32 Å². The van der Waals surface area contributed by atoms with Gasteiger partial charge in [-0.1, -0.05) is 6.07 Å². The number of hydrogen-bond acceptors (Lipinski definition) is 3. The molecule has 0 saturated heterocycles. The number of aromatic nitrogens is 2. The van der Waals surface area contributed by atoms with Gasteiger partial charge in [-0.3, -0.25) is 9.97 Å². The third kappa shape index (κ3) is 2.12. The number of likely N-dealkylation sites (N-methyl/N-ethyl adjacent to an activating group) is 1. The number of rotatable bonds is 3. The van der Waals surface area contributed by atoms with Crippen LogP contribution in [-0.2, 0) is 6.42 Å². The summed E-state index contributed by atoms with van der Waals surface area (Å²) in [6.45, 7) is 0. The van der Waals surface area contributed by atoms with Crippen LogP contribution in [0.5, 0.6) is 0 Å². The highest BCUT2D eigenvalue weighted by molar-refractivity contribution is 5.32. The molecule has 0 bridgehead atoms. The predicted molar refractivity (Wildman–Crippen MR) is 71.3 cm³/mol. The van der Waals surface area contributed by atoms with Crippen LogP contribution in [0.25, 0.3) is 0 Å². The topological polar surface area (TPSA) is 37.8 Å². The molecule has 2 unspecified atom stereocenters. The van der Waals surface area contributed by atoms with E-state index in [2.05, 4.69) is 21.4 Å². The molecule has 1 N–H and O–H groups in total. The van der Waals surface area contributed by atoms with Crippen molar-refractivity contribution < 1.29 is 4.39 Å². The largest absolute Gasteiger partial charge is 0.311 e. The molecule has 1 aliphatic rings. The quantitative estimate of drug-likeness (QED) is 0.918. The molecule has 0 saturated carbocycles. The highest BCUT2D eigenvalue weighted by Gasteiger charge is 2.33. The van der Waals surface area contributed by atoms with Crippen LogP contribution >= 0.6 is 0 Å². The Morgan fingerprint density at radius 2 is 2.05 bits per heavy atom. The van der Waals surface area contributed by atoms with Crippen LogP contribution in [-0.4, -0.2) is 17.0 Å². The minimum absolute atomic E-state index is 0.127. The molecule has 2 atom stereocenters. The molecule has 98 valence electrons. The zero-order valence-corrected chi connectivity index (χ0v) is 10.8. The summed E-state index contributed by atoms with van der Waals surface area (Å²) in [4.78, 5) is 8.68. The van der Waals surface area contributed by atoms with E-state index in [1.54, 1.807) is 18.5 Å². The van der Waals surface area contributed by atoms with Crippen LogP contribution in [0.15, 0.2) is 36.7 Å². The lowest BCUT2D eigenvalue weighted by Crippen LogP contribution is -2.25. The normalized spacial score (nSPS) is 19.2. The van der Waals surface area contributed by atoms with E-state index < -0.39 is 0 Å². The summed E-state index contributed by atoms with van der Waals surface area (Å²) in [6.07, 6.45) is 5.42. The van der Waals surface area contributed by atoms with E-state index >= 15 is 0 Å². The van der Waals surface area contributed by atoms with Gasteiger partial charge in [-0.25, -0.2) is 4.39 Å². The molecule has 1 aliphatic carbocycles. The van der Waals surface area contributed by atoms with Crippen molar-refractivity contribution in [1.82, 2.24) is 15.3 Å². The van der Waals surface area contributed by atoms with Gasteiger partial charge in [-0.2, -0.15) is 0 Å². The summed E-state index contributed by atoms with van der Waals surface area (Å²) < 4.78 is 13.9. The van der Waals surface area contributed by atoms with Gasteiger partial charge in [0.2, 0.25) is 0 Å². The van der Waals surface area contributed by atoms with Gasteiger partial charge in [0.1, 0.15) is 5.82 Å². The monoisotopic (exact) mass is 257 g/mol. The smallest absolute Gasteiger partial charge is 0.146 e. The van der Waals surface area contributed by atoms with E-state index in [-0.39, 0.29) is 17.8 Å². The third-order valence-corrected chi connectivity index (χ3v) is 3.80. The number of hydrogen-bond donors (Lipinski definition) is 1. The average molecular weight is 257 g/mol. The van der Waals surface area contributed by atoms with Crippen LogP contribution < -0.4 is 5.32 Å². The molecule has 3 nitrogen and oxygen atoms in total. The molecule has 0 aromatic carbocycles. The number of nitrogens with zero attached hydrogens (tertiary/aromatic N) is 2. The van der Waals surface area contributed by atoms with Gasteiger partial charge in [-0.05, 0) is 43.7 Å². The van der Waals surface area contributed by atoms with Crippen LogP contribution in [0, 0.1) is 5.82 Å². The lowest BCUT2D eigenvalue weighted by Gasteiger charge is -2.23. The second-order valence-corrected chi connectivity index (χ2v) is 4.83. The van der Waals surface area contributed by atoms with Crippen LogP contribution in [0.2, 0.25) is 0 Å². The number of nitrogens with one attached hydrogen (secondary N) is 1. The van der Waals surface area contributed by atoms with Gasteiger partial charge in [0.05, 0.1) is 11.7 Å². The summed E-state index contributed by atoms with van der Waals surface area (Å²) in [5.41, 5.74) is 2.82. The van der Waals surface area contributed by atoms with Gasteiger partial charge in [0, 0.05) is 24.0 Å². The maximum atomic E-state index is 13.9. The second kappa shape index (κ2) is 5.05. The van der Waals surface area contributed by atoms with Crippen molar-refractivity contribution in [3.8, 4) is 0 Å². The highest BCUT2D eigenvalue weighted by Crippen LogP contribution is 2.40. The molecule has 0 fully saturated rings. The SMILES string of the molecule is CNC(c1ncccc1F)C1CCc2cccnc21. The second-order valence-electron chi connectivity index (χ2n) is 4.83. The Bertz CT molecular complexity index is 585. The molecule has 2 aromatic heterocycles. The number of fused-ring (bicyclic) bond motifs is 1. The van der Waals surface area contributed by atoms with Crippen molar-refractivity contribution in [2.45, 2.75) is 24.8 Å². The molecule has 2 aromatic rings. The summed E-state index contributed by atoms with van der Waals surface area (Å²) in [6, 6.07) is 7.01. The predicted octanol–water partition coefficient (Wildman–Crippen LogP) is 2.61. The van der Waals surface area contributed by atoms with Crippen molar-refractivity contribution in [2.75, 3.05) is 7.05 Å². The Morgan fingerprint density at radius 3 is 2.84 bits per heavy atom. The Labute approximate surface area is 111 Å². The van der Waals surface area contributed by atoms with Crippen molar-refractivity contribution in [3.63, 3.8) is 0 Å². The Kier molecular flexibility index (Phi) is 3.25. The van der Waals surface area contributed by atoms with Crippen molar-refractivity contribution >= 4 is 0 Å². The van der Waals surface area contributed by atoms with E-state index in [0.717, 1.165) is 18.5 Å². The van der Waals surface area contributed by atoms with Crippen LogP contribution in [0.3, 0.4) is 0 Å². The Morgan fingerprint density at radius 1 is 1.26 bits per heavy atom. The third-order valence-electron chi connectivity index (χ3n) is 3.80. The molecular formula is C15H16FN3. The fourth-order valence-corrected chi connectivity index (χ4v) is 2.92. The molecule has 0 spiro atoms. The van der Waals surface area contributed by atoms with E-state index in [4.69, 9.17) is 0 Å². The lowest BCUT2D eigenvalue weighted by molar-refractivity contribution is 0.436. The van der Waals surface area contributed by atoms with Gasteiger partial charge in [0.15, 0.2) is 0 Å². The van der Waals surface area contributed by atoms with E-state index in [0.29, 0.717) is 5.69 Å². The first kappa shape index (κ1) is 12.2. The van der Waals surface area contributed by atoms with Crippen LogP contribution in [0.4, 0.5) is 4.39 Å². The van der Waals surface area contributed by atoms with E-state index in [1.165, 1.54) is 11.6 Å². The first-order valence-electron chi connectivity index (χ1n) is 6.52. The van der Waals surface area contributed by atoms with Crippen molar-refractivity contribution in [1.29, 1.82) is 0 Å². The maximum absolute atomic E-state index is 13.9. The summed E-state index contributed by atoms with van der Waals surface area (Å²) >= 11 is 0. The maximum Gasteiger partial charge on any atom is 0.146 e. The van der Waals surface area contributed by atoms with Crippen molar-refractivity contribution in [3.05, 3.63) is 59.4 Å².